The fraction of sp³-hybridized carbons (Fsp3) is 0.350. The molecule has 0 spiro atoms. The summed E-state index contributed by atoms with van der Waals surface area (Å²) < 4.78 is 12.4. The second-order valence-corrected chi connectivity index (χ2v) is 5.60. The molecule has 0 fully saturated rings. The highest BCUT2D eigenvalue weighted by Crippen LogP contribution is 2.29. The first-order valence-corrected chi connectivity index (χ1v) is 8.75. The fourth-order valence-corrected chi connectivity index (χ4v) is 2.92. The lowest BCUT2D eigenvalue weighted by Crippen LogP contribution is -2.04. The summed E-state index contributed by atoms with van der Waals surface area (Å²) in [4.78, 5) is 8.65. The molecular weight excluding hydrogens is 342 g/mol. The number of ether oxygens (including phenoxy) is 2. The molecular formula is C20H25N5O2. The Morgan fingerprint density at radius 1 is 1.19 bits per heavy atom. The Labute approximate surface area is 159 Å². The maximum Gasteiger partial charge on any atom is 0.146 e. The van der Waals surface area contributed by atoms with Crippen molar-refractivity contribution in [1.29, 1.82) is 5.26 Å². The van der Waals surface area contributed by atoms with E-state index >= 15 is 0 Å². The molecule has 7 heteroatoms. The maximum atomic E-state index is 9.35. The van der Waals surface area contributed by atoms with E-state index < -0.39 is 0 Å². The van der Waals surface area contributed by atoms with Crippen molar-refractivity contribution in [1.82, 2.24) is 14.5 Å². The summed E-state index contributed by atoms with van der Waals surface area (Å²) in [6.45, 7) is 6.43. The topological polar surface area (TPSA) is 85.0 Å². The summed E-state index contributed by atoms with van der Waals surface area (Å²) in [6.07, 6.45) is 1.50. The normalized spacial score (nSPS) is 9.96. The molecule has 0 atom stereocenters. The van der Waals surface area contributed by atoms with Crippen molar-refractivity contribution in [3.63, 3.8) is 0 Å². The highest BCUT2D eigenvalue weighted by atomic mass is 16.5. The van der Waals surface area contributed by atoms with Crippen molar-refractivity contribution in [2.24, 2.45) is 7.05 Å². The largest absolute Gasteiger partial charge is 0.497 e. The number of benzene rings is 1. The van der Waals surface area contributed by atoms with Crippen molar-refractivity contribution in [2.45, 2.75) is 27.3 Å². The molecule has 0 aliphatic heterocycles. The van der Waals surface area contributed by atoms with Crippen LogP contribution in [0.3, 0.4) is 0 Å². The van der Waals surface area contributed by atoms with E-state index in [2.05, 4.69) is 21.4 Å². The first-order chi connectivity index (χ1) is 13.1. The highest BCUT2D eigenvalue weighted by molar-refractivity contribution is 5.92. The molecule has 0 radical (unpaired) electrons. The van der Waals surface area contributed by atoms with Gasteiger partial charge in [-0.05, 0) is 24.6 Å². The van der Waals surface area contributed by atoms with Crippen LogP contribution in [-0.4, -0.2) is 28.8 Å². The third kappa shape index (κ3) is 3.80. The summed E-state index contributed by atoms with van der Waals surface area (Å²) >= 11 is 0. The number of hydrogen-bond donors (Lipinski definition) is 1. The number of aryl methyl sites for hydroxylation is 2. The van der Waals surface area contributed by atoms with Crippen LogP contribution in [0.5, 0.6) is 11.5 Å². The lowest BCUT2D eigenvalue weighted by atomic mass is 10.1. The van der Waals surface area contributed by atoms with Gasteiger partial charge in [-0.25, -0.2) is 9.97 Å². The van der Waals surface area contributed by atoms with Crippen LogP contribution in [0.2, 0.25) is 0 Å². The molecule has 0 saturated carbocycles. The Morgan fingerprint density at radius 2 is 1.93 bits per heavy atom. The minimum atomic E-state index is 0.523. The predicted molar refractivity (Wildman–Crippen MR) is 106 cm³/mol. The van der Waals surface area contributed by atoms with Crippen molar-refractivity contribution < 1.29 is 9.47 Å². The van der Waals surface area contributed by atoms with Gasteiger partial charge in [0, 0.05) is 25.2 Å². The fourth-order valence-electron chi connectivity index (χ4n) is 2.92. The first-order valence-electron chi connectivity index (χ1n) is 8.75. The zero-order valence-electron chi connectivity index (χ0n) is 16.6. The Balaban J connectivity index is 0.00000126. The number of nitriles is 1. The quantitative estimate of drug-likeness (QED) is 0.738. The van der Waals surface area contributed by atoms with Gasteiger partial charge in [-0.2, -0.15) is 5.26 Å². The summed E-state index contributed by atoms with van der Waals surface area (Å²) in [7, 11) is 5.08. The molecule has 142 valence electrons. The number of hydrogen-bond acceptors (Lipinski definition) is 6. The molecule has 2 heterocycles. The molecule has 0 amide bonds. The van der Waals surface area contributed by atoms with E-state index in [-0.39, 0.29) is 0 Å². The van der Waals surface area contributed by atoms with E-state index in [0.717, 1.165) is 33.7 Å². The summed E-state index contributed by atoms with van der Waals surface area (Å²) in [5.41, 5.74) is 3.16. The van der Waals surface area contributed by atoms with Gasteiger partial charge in [0.25, 0.3) is 0 Å². The van der Waals surface area contributed by atoms with E-state index in [1.54, 1.807) is 18.8 Å². The summed E-state index contributed by atoms with van der Waals surface area (Å²) in [5, 5.41) is 13.5. The lowest BCUT2D eigenvalue weighted by molar-refractivity contribution is 0.391. The van der Waals surface area contributed by atoms with E-state index in [1.165, 1.54) is 6.33 Å². The average Bonchev–Trinajstić information content (AvgIpc) is 2.98. The molecule has 1 N–H and O–H groups in total. The molecule has 2 aromatic heterocycles. The van der Waals surface area contributed by atoms with Gasteiger partial charge in [-0.1, -0.05) is 13.8 Å². The number of rotatable bonds is 5. The second-order valence-electron chi connectivity index (χ2n) is 5.60. The minimum Gasteiger partial charge on any atom is -0.497 e. The van der Waals surface area contributed by atoms with E-state index in [9.17, 15) is 5.26 Å². The molecule has 27 heavy (non-hydrogen) atoms. The summed E-state index contributed by atoms with van der Waals surface area (Å²) in [6, 6.07) is 7.89. The van der Waals surface area contributed by atoms with Crippen LogP contribution < -0.4 is 14.8 Å². The van der Waals surface area contributed by atoms with Gasteiger partial charge in [-0.3, -0.25) is 0 Å². The zero-order chi connectivity index (χ0) is 20.0. The Kier molecular flexibility index (Phi) is 6.61. The maximum absolute atomic E-state index is 9.35. The molecule has 0 unspecified atom stereocenters. The smallest absolute Gasteiger partial charge is 0.146 e. The van der Waals surface area contributed by atoms with Crippen LogP contribution in [0.15, 0.2) is 24.5 Å². The summed E-state index contributed by atoms with van der Waals surface area (Å²) in [5.74, 6) is 2.17. The molecule has 0 aliphatic rings. The number of nitrogens with zero attached hydrogens (tertiary/aromatic N) is 4. The molecule has 1 aromatic carbocycles. The number of anilines is 1. The molecule has 0 saturated heterocycles. The first kappa shape index (κ1) is 20.0. The SMILES string of the molecule is CC.COc1ccc(CNc2ncnc3c2c(C)c(C#N)n3C)c(OC)c1. The van der Waals surface area contributed by atoms with Crippen molar-refractivity contribution in [3.8, 4) is 17.6 Å². The highest BCUT2D eigenvalue weighted by Gasteiger charge is 2.17. The van der Waals surface area contributed by atoms with Crippen LogP contribution in [0.4, 0.5) is 5.82 Å². The van der Waals surface area contributed by atoms with Gasteiger partial charge in [-0.15, -0.1) is 0 Å². The molecule has 3 rings (SSSR count). The van der Waals surface area contributed by atoms with Gasteiger partial charge in [0.1, 0.15) is 41.1 Å². The molecule has 7 nitrogen and oxygen atoms in total. The lowest BCUT2D eigenvalue weighted by Gasteiger charge is -2.12. The van der Waals surface area contributed by atoms with Crippen LogP contribution in [0.25, 0.3) is 11.0 Å². The van der Waals surface area contributed by atoms with Gasteiger partial charge in [0.05, 0.1) is 19.6 Å². The third-order valence-corrected chi connectivity index (χ3v) is 4.26. The van der Waals surface area contributed by atoms with Crippen molar-refractivity contribution in [2.75, 3.05) is 19.5 Å². The minimum absolute atomic E-state index is 0.523. The monoisotopic (exact) mass is 367 g/mol. The van der Waals surface area contributed by atoms with Gasteiger partial charge < -0.3 is 19.4 Å². The zero-order valence-corrected chi connectivity index (χ0v) is 16.6. The van der Waals surface area contributed by atoms with Crippen molar-refractivity contribution >= 4 is 16.9 Å². The van der Waals surface area contributed by atoms with Crippen molar-refractivity contribution in [3.05, 3.63) is 41.3 Å². The number of nitrogens with one attached hydrogen (secondary N) is 1. The Morgan fingerprint density at radius 3 is 2.56 bits per heavy atom. The van der Waals surface area contributed by atoms with Crippen LogP contribution in [-0.2, 0) is 13.6 Å². The number of fused-ring (bicyclic) bond motifs is 1. The van der Waals surface area contributed by atoms with Gasteiger partial charge in [0.2, 0.25) is 0 Å². The standard InChI is InChI=1S/C18H19N5O2.C2H6/c1-11-14(8-19)23(2)18-16(11)17(21-10-22-18)20-9-12-5-6-13(24-3)7-15(12)25-4;1-2/h5-7,10H,9H2,1-4H3,(H,20,21,22);1-2H3. The van der Waals surface area contributed by atoms with E-state index in [1.807, 2.05) is 46.0 Å². The van der Waals surface area contributed by atoms with Gasteiger partial charge >= 0.3 is 0 Å². The van der Waals surface area contributed by atoms with Crippen LogP contribution >= 0.6 is 0 Å². The Hall–Kier alpha value is -3.27. The molecule has 0 aliphatic carbocycles. The van der Waals surface area contributed by atoms with Gasteiger partial charge in [0.15, 0.2) is 0 Å². The number of methoxy groups -OCH3 is 2. The predicted octanol–water partition coefficient (Wildman–Crippen LogP) is 3.80. The Bertz CT molecular complexity index is 973. The van der Waals surface area contributed by atoms with E-state index in [4.69, 9.17) is 9.47 Å². The second kappa shape index (κ2) is 8.90. The number of aromatic nitrogens is 3. The average molecular weight is 367 g/mol. The molecule has 0 bridgehead atoms. The van der Waals surface area contributed by atoms with E-state index in [0.29, 0.717) is 18.1 Å². The third-order valence-electron chi connectivity index (χ3n) is 4.26. The van der Waals surface area contributed by atoms with Crippen LogP contribution in [0.1, 0.15) is 30.7 Å². The van der Waals surface area contributed by atoms with Crippen LogP contribution in [0, 0.1) is 18.3 Å². The molecule has 3 aromatic rings.